The highest BCUT2D eigenvalue weighted by molar-refractivity contribution is 5.42. The van der Waals surface area contributed by atoms with Gasteiger partial charge < -0.3 is 9.72 Å². The van der Waals surface area contributed by atoms with Crippen LogP contribution in [0.4, 0.5) is 0 Å². The summed E-state index contributed by atoms with van der Waals surface area (Å²) in [6.45, 7) is 10.4. The van der Waals surface area contributed by atoms with Crippen LogP contribution in [-0.2, 0) is 0 Å². The molecular weight excluding hydrogens is 234 g/mol. The highest BCUT2D eigenvalue weighted by Crippen LogP contribution is 2.13. The Morgan fingerprint density at radius 3 is 2.95 bits per heavy atom. The number of ether oxygens (including phenoxy) is 1. The summed E-state index contributed by atoms with van der Waals surface area (Å²) < 4.78 is 6.03. The second-order valence-electron chi connectivity index (χ2n) is 5.15. The van der Waals surface area contributed by atoms with Gasteiger partial charge >= 0.3 is 0 Å². The van der Waals surface area contributed by atoms with Crippen molar-refractivity contribution in [1.82, 2.24) is 4.98 Å². The van der Waals surface area contributed by atoms with Crippen molar-refractivity contribution < 1.29 is 4.74 Å². The zero-order chi connectivity index (χ0) is 13.8. The molecule has 2 heteroatoms. The van der Waals surface area contributed by atoms with Gasteiger partial charge in [0.2, 0.25) is 0 Å². The minimum absolute atomic E-state index is 0.00303. The van der Waals surface area contributed by atoms with Gasteiger partial charge in [0.05, 0.1) is 0 Å². The van der Waals surface area contributed by atoms with E-state index in [0.29, 0.717) is 0 Å². The van der Waals surface area contributed by atoms with Crippen molar-refractivity contribution in [2.24, 2.45) is 0 Å². The van der Waals surface area contributed by atoms with Gasteiger partial charge in [0.25, 0.3) is 0 Å². The van der Waals surface area contributed by atoms with Gasteiger partial charge in [-0.15, -0.1) is 0 Å². The average Bonchev–Trinajstić information content (AvgIpc) is 2.82. The molecule has 0 radical (unpaired) electrons. The van der Waals surface area contributed by atoms with Crippen molar-refractivity contribution in [2.45, 2.75) is 46.1 Å². The fourth-order valence-electron chi connectivity index (χ4n) is 2.17. The first-order valence-electron chi connectivity index (χ1n) is 7.02. The molecule has 0 fully saturated rings. The minimum atomic E-state index is -0.00303. The lowest BCUT2D eigenvalue weighted by atomic mass is 10.1. The standard InChI is InChI=1S/C17H23NO/c1-5-12(2)10-13(3)14(4)19-17-11-18-16-9-7-6-8-15(16)17/h8-11,14,18H,3,5-7H2,1-2,4H3/b12-10-. The minimum Gasteiger partial charge on any atom is -0.484 e. The zero-order valence-corrected chi connectivity index (χ0v) is 12.1. The molecule has 1 N–H and O–H groups in total. The van der Waals surface area contributed by atoms with Crippen LogP contribution >= 0.6 is 0 Å². The number of hydrogen-bond acceptors (Lipinski definition) is 1. The van der Waals surface area contributed by atoms with Gasteiger partial charge in [-0.25, -0.2) is 0 Å². The van der Waals surface area contributed by atoms with Crippen molar-refractivity contribution in [3.8, 4) is 5.75 Å². The number of rotatable bonds is 5. The lowest BCUT2D eigenvalue weighted by Gasteiger charge is -2.15. The number of aromatic amines is 1. The molecule has 0 spiro atoms. The topological polar surface area (TPSA) is 25.0 Å². The molecule has 19 heavy (non-hydrogen) atoms. The van der Waals surface area contributed by atoms with Gasteiger partial charge in [-0.05, 0) is 38.7 Å². The molecule has 2 nitrogen and oxygen atoms in total. The number of fused-ring (bicyclic) bond motifs is 1. The Bertz CT molecular complexity index is 604. The summed E-state index contributed by atoms with van der Waals surface area (Å²) >= 11 is 0. The van der Waals surface area contributed by atoms with E-state index in [1.807, 2.05) is 13.1 Å². The number of hydrogen-bond donors (Lipinski definition) is 1. The summed E-state index contributed by atoms with van der Waals surface area (Å²) in [4.78, 5) is 3.27. The Balaban J connectivity index is 2.14. The Hall–Kier alpha value is -1.70. The first-order chi connectivity index (χ1) is 9.11. The highest BCUT2D eigenvalue weighted by Gasteiger charge is 2.10. The summed E-state index contributed by atoms with van der Waals surface area (Å²) in [6, 6.07) is 0. The van der Waals surface area contributed by atoms with Crippen LogP contribution in [0.15, 0.2) is 30.0 Å². The molecule has 0 aromatic carbocycles. The molecule has 1 heterocycles. The van der Waals surface area contributed by atoms with Gasteiger partial charge in [0.15, 0.2) is 0 Å². The van der Waals surface area contributed by atoms with Crippen LogP contribution in [0.5, 0.6) is 5.75 Å². The third-order valence-corrected chi connectivity index (χ3v) is 3.59. The summed E-state index contributed by atoms with van der Waals surface area (Å²) in [5.41, 5.74) is 2.35. The van der Waals surface area contributed by atoms with Crippen LogP contribution in [0, 0.1) is 0 Å². The molecule has 2 rings (SSSR count). The molecular formula is C17H23NO. The highest BCUT2D eigenvalue weighted by atomic mass is 16.5. The van der Waals surface area contributed by atoms with Crippen LogP contribution in [0.3, 0.4) is 0 Å². The summed E-state index contributed by atoms with van der Waals surface area (Å²) in [6.07, 6.45) is 11.8. The lowest BCUT2D eigenvalue weighted by molar-refractivity contribution is 0.260. The number of H-pyrrole nitrogens is 1. The Kier molecular flexibility index (Phi) is 4.31. The molecule has 1 aliphatic carbocycles. The van der Waals surface area contributed by atoms with Gasteiger partial charge in [-0.3, -0.25) is 0 Å². The second kappa shape index (κ2) is 5.96. The van der Waals surface area contributed by atoms with E-state index in [1.165, 1.54) is 16.1 Å². The molecule has 1 atom stereocenters. The van der Waals surface area contributed by atoms with Gasteiger partial charge in [-0.2, -0.15) is 0 Å². The molecule has 1 unspecified atom stereocenters. The fourth-order valence-corrected chi connectivity index (χ4v) is 2.17. The normalized spacial score (nSPS) is 16.1. The van der Waals surface area contributed by atoms with Crippen molar-refractivity contribution in [3.05, 3.63) is 40.6 Å². The Morgan fingerprint density at radius 2 is 2.21 bits per heavy atom. The molecule has 0 bridgehead atoms. The van der Waals surface area contributed by atoms with Gasteiger partial charge in [0, 0.05) is 16.8 Å². The average molecular weight is 257 g/mol. The van der Waals surface area contributed by atoms with Crippen molar-refractivity contribution in [2.75, 3.05) is 0 Å². The summed E-state index contributed by atoms with van der Waals surface area (Å²) in [5.74, 6) is 0.933. The number of allylic oxidation sites excluding steroid dienone is 1. The van der Waals surface area contributed by atoms with Crippen molar-refractivity contribution >= 4 is 12.2 Å². The van der Waals surface area contributed by atoms with Crippen molar-refractivity contribution in [3.63, 3.8) is 0 Å². The molecule has 0 saturated heterocycles. The van der Waals surface area contributed by atoms with E-state index in [0.717, 1.165) is 30.6 Å². The van der Waals surface area contributed by atoms with E-state index >= 15 is 0 Å². The molecule has 1 aromatic rings. The van der Waals surface area contributed by atoms with E-state index in [2.05, 4.69) is 43.6 Å². The third-order valence-electron chi connectivity index (χ3n) is 3.59. The first kappa shape index (κ1) is 13.7. The molecule has 0 saturated carbocycles. The maximum Gasteiger partial charge on any atom is 0.145 e. The van der Waals surface area contributed by atoms with Crippen molar-refractivity contribution in [1.29, 1.82) is 0 Å². The van der Waals surface area contributed by atoms with Crippen LogP contribution in [0.1, 0.15) is 40.0 Å². The van der Waals surface area contributed by atoms with Crippen LogP contribution in [0.2, 0.25) is 0 Å². The second-order valence-corrected chi connectivity index (χ2v) is 5.15. The summed E-state index contributed by atoms with van der Waals surface area (Å²) in [5, 5.41) is 2.38. The quantitative estimate of drug-likeness (QED) is 0.806. The van der Waals surface area contributed by atoms with Crippen LogP contribution in [0.25, 0.3) is 12.2 Å². The van der Waals surface area contributed by atoms with Gasteiger partial charge in [-0.1, -0.05) is 37.3 Å². The molecule has 0 aliphatic heterocycles. The molecule has 102 valence electrons. The maximum atomic E-state index is 6.03. The van der Waals surface area contributed by atoms with Crippen LogP contribution in [-0.4, -0.2) is 11.1 Å². The van der Waals surface area contributed by atoms with E-state index in [1.54, 1.807) is 0 Å². The third kappa shape index (κ3) is 3.19. The molecule has 1 aliphatic rings. The zero-order valence-electron chi connectivity index (χ0n) is 12.1. The van der Waals surface area contributed by atoms with Gasteiger partial charge in [0.1, 0.15) is 11.9 Å². The number of nitrogens with one attached hydrogen (secondary N) is 1. The number of aromatic nitrogens is 1. The summed E-state index contributed by atoms with van der Waals surface area (Å²) in [7, 11) is 0. The van der Waals surface area contributed by atoms with E-state index < -0.39 is 0 Å². The molecule has 1 aromatic heterocycles. The SMILES string of the molecule is C=C(/C=C(/C)CC)C(C)Oc1c[nH]c2c1=CCCC=2. The largest absolute Gasteiger partial charge is 0.484 e. The van der Waals surface area contributed by atoms with E-state index in [-0.39, 0.29) is 6.10 Å². The fraction of sp³-hybridized carbons (Fsp3) is 0.412. The predicted octanol–water partition coefficient (Wildman–Crippen LogP) is 3.05. The van der Waals surface area contributed by atoms with Crippen LogP contribution < -0.4 is 15.3 Å². The maximum absolute atomic E-state index is 6.03. The van der Waals surface area contributed by atoms with E-state index in [4.69, 9.17) is 4.74 Å². The monoisotopic (exact) mass is 257 g/mol. The predicted molar refractivity (Wildman–Crippen MR) is 81.5 cm³/mol. The smallest absolute Gasteiger partial charge is 0.145 e. The molecule has 0 amide bonds. The lowest BCUT2D eigenvalue weighted by Crippen LogP contribution is -2.27. The first-order valence-corrected chi connectivity index (χ1v) is 7.02. The Labute approximate surface area is 115 Å². The van der Waals surface area contributed by atoms with E-state index in [9.17, 15) is 0 Å². The Morgan fingerprint density at radius 1 is 1.47 bits per heavy atom.